The number of hydrogen-bond acceptors (Lipinski definition) is 10. The van der Waals surface area contributed by atoms with Crippen molar-refractivity contribution in [2.45, 2.75) is 38.1 Å². The fourth-order valence-corrected chi connectivity index (χ4v) is 5.09. The van der Waals surface area contributed by atoms with Crippen LogP contribution < -0.4 is 21.5 Å². The van der Waals surface area contributed by atoms with Gasteiger partial charge in [-0.1, -0.05) is 59.6 Å². The Morgan fingerprint density at radius 3 is 1.85 bits per heavy atom. The number of anilines is 2. The number of halogens is 2. The van der Waals surface area contributed by atoms with E-state index in [0.29, 0.717) is 38.9 Å². The highest BCUT2D eigenvalue weighted by atomic mass is 35.5. The van der Waals surface area contributed by atoms with E-state index in [1.165, 1.54) is 43.3 Å². The first-order chi connectivity index (χ1) is 26.4. The number of nitriles is 1. The first-order valence-electron chi connectivity index (χ1n) is 16.0. The topological polar surface area (TPSA) is 199 Å². The highest BCUT2D eigenvalue weighted by Crippen LogP contribution is 2.32. The van der Waals surface area contributed by atoms with Crippen LogP contribution >= 0.6 is 23.2 Å². The van der Waals surface area contributed by atoms with Crippen LogP contribution in [0.1, 0.15) is 41.7 Å². The molecule has 0 aliphatic rings. The molecule has 276 valence electrons. The van der Waals surface area contributed by atoms with E-state index in [2.05, 4.69) is 46.2 Å². The van der Waals surface area contributed by atoms with Gasteiger partial charge in [0.15, 0.2) is 5.69 Å². The van der Waals surface area contributed by atoms with Gasteiger partial charge in [0.1, 0.15) is 12.1 Å². The monoisotopic (exact) mass is 776 g/mol. The minimum Gasteiger partial charge on any atom is -0.418 e. The SMILES string of the molecule is [C-]#[N+]c1ccc(-c2nnc([C@H](Nc3ccc([N+]#[C-])c(Cl)c3)C(C)O)o2)cc1.[C-]#[N+]c1ccc(N[C@@H](C(=O)NNC(=O)c2ccc(C#N)cc2)C(C)O)cc1Cl. The Balaban J connectivity index is 0.000000245. The summed E-state index contributed by atoms with van der Waals surface area (Å²) in [5, 5.41) is 43.3. The number of hydrogen-bond donors (Lipinski definition) is 6. The lowest BCUT2D eigenvalue weighted by Crippen LogP contribution is -2.52. The molecule has 5 rings (SSSR count). The second kappa shape index (κ2) is 19.2. The predicted molar refractivity (Wildman–Crippen MR) is 205 cm³/mol. The summed E-state index contributed by atoms with van der Waals surface area (Å²) in [5.74, 6) is -0.760. The number of hydrazine groups is 1. The lowest BCUT2D eigenvalue weighted by Gasteiger charge is -2.22. The molecule has 17 heteroatoms. The molecule has 0 radical (unpaired) electrons. The number of carbonyl (C=O) groups is 2. The molecule has 5 aromatic rings. The molecule has 0 aliphatic heterocycles. The van der Waals surface area contributed by atoms with E-state index in [9.17, 15) is 19.8 Å². The number of benzene rings is 4. The Hall–Kier alpha value is -6.98. The van der Waals surface area contributed by atoms with Crippen LogP contribution in [0, 0.1) is 31.0 Å². The molecule has 0 aliphatic carbocycles. The van der Waals surface area contributed by atoms with Gasteiger partial charge in [0.2, 0.25) is 23.2 Å². The third kappa shape index (κ3) is 11.0. The Morgan fingerprint density at radius 1 is 0.782 bits per heavy atom. The lowest BCUT2D eigenvalue weighted by atomic mass is 10.1. The van der Waals surface area contributed by atoms with Crippen LogP contribution in [0.4, 0.5) is 28.4 Å². The predicted octanol–water partition coefficient (Wildman–Crippen LogP) is 7.41. The van der Waals surface area contributed by atoms with Crippen LogP contribution in [0.2, 0.25) is 10.0 Å². The molecule has 2 unspecified atom stereocenters. The van der Waals surface area contributed by atoms with E-state index in [1.54, 1.807) is 55.5 Å². The Kier molecular flexibility index (Phi) is 14.2. The van der Waals surface area contributed by atoms with Crippen molar-refractivity contribution in [2.24, 2.45) is 0 Å². The van der Waals surface area contributed by atoms with E-state index >= 15 is 0 Å². The van der Waals surface area contributed by atoms with Gasteiger partial charge in [-0.25, -0.2) is 14.5 Å². The third-order valence-electron chi connectivity index (χ3n) is 7.55. The molecule has 15 nitrogen and oxygen atoms in total. The molecule has 55 heavy (non-hydrogen) atoms. The molecule has 0 fully saturated rings. The second-order valence-electron chi connectivity index (χ2n) is 11.5. The van der Waals surface area contributed by atoms with Crippen LogP contribution in [0.5, 0.6) is 0 Å². The number of nitrogens with one attached hydrogen (secondary N) is 4. The van der Waals surface area contributed by atoms with Crippen LogP contribution in [0.3, 0.4) is 0 Å². The Morgan fingerprint density at radius 2 is 1.36 bits per heavy atom. The Bertz CT molecular complexity index is 2320. The molecule has 4 atom stereocenters. The number of aliphatic hydroxyl groups excluding tert-OH is 2. The van der Waals surface area contributed by atoms with Gasteiger partial charge in [0.25, 0.3) is 11.8 Å². The Labute approximate surface area is 325 Å². The van der Waals surface area contributed by atoms with Crippen LogP contribution in [0.25, 0.3) is 26.0 Å². The van der Waals surface area contributed by atoms with Crippen molar-refractivity contribution in [3.8, 4) is 17.5 Å². The molecule has 2 amide bonds. The van der Waals surface area contributed by atoms with Crippen LogP contribution in [-0.4, -0.2) is 50.5 Å². The lowest BCUT2D eigenvalue weighted by molar-refractivity contribution is -0.124. The fraction of sp³-hybridized carbons (Fsp3) is 0.158. The zero-order valence-corrected chi connectivity index (χ0v) is 30.5. The highest BCUT2D eigenvalue weighted by Gasteiger charge is 2.26. The number of amides is 2. The van der Waals surface area contributed by atoms with Gasteiger partial charge >= 0.3 is 0 Å². The maximum absolute atomic E-state index is 12.4. The maximum Gasteiger partial charge on any atom is 0.269 e. The maximum atomic E-state index is 12.4. The number of aliphatic hydroxyl groups is 2. The van der Waals surface area contributed by atoms with E-state index in [1.807, 2.05) is 6.07 Å². The number of rotatable bonds is 10. The zero-order valence-electron chi connectivity index (χ0n) is 29.0. The molecule has 4 aromatic carbocycles. The van der Waals surface area contributed by atoms with Gasteiger partial charge < -0.3 is 25.3 Å². The molecule has 1 heterocycles. The minimum atomic E-state index is -1.09. The number of nitrogens with zero attached hydrogens (tertiary/aromatic N) is 6. The first-order valence-corrected chi connectivity index (χ1v) is 16.8. The molecule has 0 saturated carbocycles. The summed E-state index contributed by atoms with van der Waals surface area (Å²) in [7, 11) is 0. The number of carbonyl (C=O) groups excluding carboxylic acids is 2. The molecule has 6 N–H and O–H groups in total. The molecule has 0 bridgehead atoms. The standard InChI is InChI=1S/C19H16ClN5O3.C19H14ClN5O2/c1-11(26)17(23-14-7-8-16(22-2)15(20)9-14)19(28)25-24-18(27)13-5-3-12(10-21)4-6-13;1-11(26)17(23-14-8-9-16(22-3)15(20)10-14)19-25-24-18(27-19)12-4-6-13(21-2)7-5-12/h3-9,11,17,23,26H,1H3,(H,24,27)(H,25,28);4-11,17,23,26H,1H3/t2*11?,17-/m11/s1. The highest BCUT2D eigenvalue weighted by molar-refractivity contribution is 6.34. The van der Waals surface area contributed by atoms with Gasteiger partial charge in [-0.15, -0.1) is 10.2 Å². The second-order valence-corrected chi connectivity index (χ2v) is 12.3. The van der Waals surface area contributed by atoms with Crippen molar-refractivity contribution in [1.82, 2.24) is 21.0 Å². The van der Waals surface area contributed by atoms with E-state index in [4.69, 9.17) is 52.6 Å². The summed E-state index contributed by atoms with van der Waals surface area (Å²) >= 11 is 12.0. The van der Waals surface area contributed by atoms with Gasteiger partial charge in [-0.05, 0) is 62.4 Å². The smallest absolute Gasteiger partial charge is 0.269 e. The normalized spacial score (nSPS) is 12.3. The summed E-state index contributed by atoms with van der Waals surface area (Å²) in [6.45, 7) is 24.0. The van der Waals surface area contributed by atoms with E-state index in [-0.39, 0.29) is 28.1 Å². The molecular formula is C38H30Cl2N10O5. The number of aromatic nitrogens is 2. The molecular weight excluding hydrogens is 747 g/mol. The summed E-state index contributed by atoms with van der Waals surface area (Å²) in [4.78, 5) is 34.3. The zero-order chi connectivity index (χ0) is 40.1. The van der Waals surface area contributed by atoms with Crippen LogP contribution in [0.15, 0.2) is 89.3 Å². The average Bonchev–Trinajstić information content (AvgIpc) is 3.68. The summed E-state index contributed by atoms with van der Waals surface area (Å²) < 4.78 is 5.71. The molecule has 1 aromatic heterocycles. The average molecular weight is 778 g/mol. The summed E-state index contributed by atoms with van der Waals surface area (Å²) in [6.07, 6.45) is -1.92. The van der Waals surface area contributed by atoms with Gasteiger partial charge in [0, 0.05) is 32.5 Å². The molecule has 0 saturated heterocycles. The van der Waals surface area contributed by atoms with Crippen molar-refractivity contribution in [3.05, 3.63) is 146 Å². The quantitative estimate of drug-likeness (QED) is 0.0613. The van der Waals surface area contributed by atoms with Crippen molar-refractivity contribution >= 4 is 63.5 Å². The summed E-state index contributed by atoms with van der Waals surface area (Å²) in [6, 6.07) is 22.2. The van der Waals surface area contributed by atoms with Gasteiger partial charge in [-0.3, -0.25) is 20.4 Å². The minimum absolute atomic E-state index is 0.207. The van der Waals surface area contributed by atoms with Crippen molar-refractivity contribution in [2.75, 3.05) is 10.6 Å². The third-order valence-corrected chi connectivity index (χ3v) is 8.16. The molecule has 0 spiro atoms. The van der Waals surface area contributed by atoms with Gasteiger partial charge in [-0.2, -0.15) is 5.26 Å². The summed E-state index contributed by atoms with van der Waals surface area (Å²) in [5.41, 5.74) is 7.99. The van der Waals surface area contributed by atoms with Crippen molar-refractivity contribution < 1.29 is 24.2 Å². The van der Waals surface area contributed by atoms with E-state index in [0.717, 1.165) is 0 Å². The van der Waals surface area contributed by atoms with E-state index < -0.39 is 36.1 Å². The van der Waals surface area contributed by atoms with Crippen molar-refractivity contribution in [3.63, 3.8) is 0 Å². The fourth-order valence-electron chi connectivity index (χ4n) is 4.65. The van der Waals surface area contributed by atoms with Crippen LogP contribution in [-0.2, 0) is 4.79 Å². The largest absolute Gasteiger partial charge is 0.418 e. The van der Waals surface area contributed by atoms with Crippen molar-refractivity contribution in [1.29, 1.82) is 5.26 Å². The van der Waals surface area contributed by atoms with Gasteiger partial charge in [0.05, 0.1) is 43.6 Å². The first kappa shape index (κ1) is 40.8.